The van der Waals surface area contributed by atoms with Crippen molar-refractivity contribution in [1.29, 1.82) is 0 Å². The van der Waals surface area contributed by atoms with Crippen molar-refractivity contribution < 1.29 is 14.3 Å². The summed E-state index contributed by atoms with van der Waals surface area (Å²) in [4.78, 5) is 27.9. The largest absolute Gasteiger partial charge is 0.443 e. The molecule has 0 fully saturated rings. The van der Waals surface area contributed by atoms with Crippen molar-refractivity contribution in [3.8, 4) is 0 Å². The van der Waals surface area contributed by atoms with Crippen LogP contribution in [0.15, 0.2) is 42.7 Å². The summed E-state index contributed by atoms with van der Waals surface area (Å²) < 4.78 is 5.46. The minimum absolute atomic E-state index is 0.0967. The molecule has 1 aromatic rings. The predicted molar refractivity (Wildman–Crippen MR) is 108 cm³/mol. The maximum Gasteiger partial charge on any atom is 0.436 e. The SMILES string of the molecule is CCCCC1N(C)C=CN1N(C(=O)OCc1ccccc1)C(=O)[C@@H](N)CCC. The molecule has 1 aliphatic heterocycles. The summed E-state index contributed by atoms with van der Waals surface area (Å²) in [6.45, 7) is 4.17. The van der Waals surface area contributed by atoms with E-state index >= 15 is 0 Å². The van der Waals surface area contributed by atoms with E-state index in [4.69, 9.17) is 10.5 Å². The van der Waals surface area contributed by atoms with Gasteiger partial charge >= 0.3 is 6.09 Å². The summed E-state index contributed by atoms with van der Waals surface area (Å²) in [5.74, 6) is -0.443. The monoisotopic (exact) mass is 388 g/mol. The van der Waals surface area contributed by atoms with Crippen molar-refractivity contribution in [1.82, 2.24) is 14.9 Å². The number of rotatable bonds is 9. The first kappa shape index (κ1) is 21.8. The van der Waals surface area contributed by atoms with Gasteiger partial charge in [-0.1, -0.05) is 57.0 Å². The molecular weight excluding hydrogens is 356 g/mol. The van der Waals surface area contributed by atoms with E-state index in [0.29, 0.717) is 6.42 Å². The van der Waals surface area contributed by atoms with Crippen LogP contribution in [-0.4, -0.2) is 46.2 Å². The molecule has 0 aromatic heterocycles. The Morgan fingerprint density at radius 3 is 2.54 bits per heavy atom. The Hall–Kier alpha value is -2.54. The first-order valence-corrected chi connectivity index (χ1v) is 9.98. The van der Waals surface area contributed by atoms with E-state index in [1.165, 1.54) is 0 Å². The second-order valence-electron chi connectivity index (χ2n) is 7.05. The molecular formula is C21H32N4O3. The van der Waals surface area contributed by atoms with Gasteiger partial charge in [0.2, 0.25) is 0 Å². The number of carbonyl (C=O) groups is 2. The molecule has 0 bridgehead atoms. The Morgan fingerprint density at radius 1 is 1.18 bits per heavy atom. The summed E-state index contributed by atoms with van der Waals surface area (Å²) in [5, 5.41) is 2.73. The smallest absolute Gasteiger partial charge is 0.436 e. The summed E-state index contributed by atoms with van der Waals surface area (Å²) in [7, 11) is 1.93. The highest BCUT2D eigenvalue weighted by Gasteiger charge is 2.38. The lowest BCUT2D eigenvalue weighted by atomic mass is 10.1. The van der Waals surface area contributed by atoms with Crippen LogP contribution in [0.2, 0.25) is 0 Å². The van der Waals surface area contributed by atoms with Gasteiger partial charge < -0.3 is 15.4 Å². The zero-order valence-electron chi connectivity index (χ0n) is 17.1. The van der Waals surface area contributed by atoms with Crippen LogP contribution < -0.4 is 5.73 Å². The average Bonchev–Trinajstić information content (AvgIpc) is 3.06. The molecule has 0 saturated heterocycles. The number of amides is 2. The Kier molecular flexibility index (Phi) is 8.32. The fraction of sp³-hybridized carbons (Fsp3) is 0.524. The lowest BCUT2D eigenvalue weighted by Crippen LogP contribution is -2.57. The van der Waals surface area contributed by atoms with Gasteiger partial charge in [-0.25, -0.2) is 4.79 Å². The van der Waals surface area contributed by atoms with Gasteiger partial charge in [-0.3, -0.25) is 9.80 Å². The molecule has 7 heteroatoms. The van der Waals surface area contributed by atoms with E-state index < -0.39 is 18.0 Å². The number of hydrogen-bond acceptors (Lipinski definition) is 6. The lowest BCUT2D eigenvalue weighted by Gasteiger charge is -2.37. The molecule has 7 nitrogen and oxygen atoms in total. The molecule has 0 radical (unpaired) electrons. The fourth-order valence-corrected chi connectivity index (χ4v) is 3.15. The number of nitrogens with two attached hydrogens (primary N) is 1. The van der Waals surface area contributed by atoms with Crippen LogP contribution in [-0.2, 0) is 16.1 Å². The molecule has 0 saturated carbocycles. The van der Waals surface area contributed by atoms with Gasteiger partial charge in [-0.15, -0.1) is 5.01 Å². The Labute approximate surface area is 167 Å². The fourth-order valence-electron chi connectivity index (χ4n) is 3.15. The summed E-state index contributed by atoms with van der Waals surface area (Å²) >= 11 is 0. The molecule has 2 N–H and O–H groups in total. The van der Waals surface area contributed by atoms with Crippen LogP contribution in [0.5, 0.6) is 0 Å². The number of unbranched alkanes of at least 4 members (excludes halogenated alkanes) is 1. The molecule has 1 aliphatic rings. The predicted octanol–water partition coefficient (Wildman–Crippen LogP) is 3.43. The molecule has 0 aliphatic carbocycles. The Morgan fingerprint density at radius 2 is 1.89 bits per heavy atom. The van der Waals surface area contributed by atoms with Crippen molar-refractivity contribution in [3.05, 3.63) is 48.3 Å². The van der Waals surface area contributed by atoms with Crippen molar-refractivity contribution in [2.45, 2.75) is 64.8 Å². The Balaban J connectivity index is 2.19. The highest BCUT2D eigenvalue weighted by Crippen LogP contribution is 2.23. The highest BCUT2D eigenvalue weighted by molar-refractivity contribution is 5.94. The normalized spacial score (nSPS) is 16.9. The van der Waals surface area contributed by atoms with Gasteiger partial charge in [0.25, 0.3) is 5.91 Å². The number of hydrogen-bond donors (Lipinski definition) is 1. The molecule has 1 heterocycles. The van der Waals surface area contributed by atoms with Crippen LogP contribution in [0.1, 0.15) is 51.5 Å². The zero-order valence-corrected chi connectivity index (χ0v) is 17.1. The number of ether oxygens (including phenoxy) is 1. The number of carbonyl (C=O) groups excluding carboxylic acids is 2. The van der Waals surface area contributed by atoms with Gasteiger partial charge in [-0.2, -0.15) is 0 Å². The van der Waals surface area contributed by atoms with E-state index in [-0.39, 0.29) is 12.8 Å². The Bertz CT molecular complexity index is 665. The number of hydrazine groups is 1. The first-order chi connectivity index (χ1) is 13.5. The third kappa shape index (κ3) is 5.48. The van der Waals surface area contributed by atoms with Crippen LogP contribution in [0.4, 0.5) is 4.79 Å². The van der Waals surface area contributed by atoms with Crippen LogP contribution in [0.25, 0.3) is 0 Å². The average molecular weight is 389 g/mol. The highest BCUT2D eigenvalue weighted by atomic mass is 16.6. The molecule has 2 atom stereocenters. The van der Waals surface area contributed by atoms with E-state index in [1.807, 2.05) is 55.4 Å². The quantitative estimate of drug-likeness (QED) is 0.698. The van der Waals surface area contributed by atoms with Crippen molar-refractivity contribution in [3.63, 3.8) is 0 Å². The van der Waals surface area contributed by atoms with Gasteiger partial charge in [0.1, 0.15) is 12.8 Å². The number of nitrogens with zero attached hydrogens (tertiary/aromatic N) is 3. The van der Waals surface area contributed by atoms with Gasteiger partial charge in [-0.05, 0) is 24.8 Å². The number of imide groups is 1. The summed E-state index contributed by atoms with van der Waals surface area (Å²) in [6.07, 6.45) is 6.86. The second-order valence-corrected chi connectivity index (χ2v) is 7.05. The van der Waals surface area contributed by atoms with Crippen LogP contribution in [0, 0.1) is 0 Å². The van der Waals surface area contributed by atoms with Gasteiger partial charge in [0.05, 0.1) is 6.04 Å². The first-order valence-electron chi connectivity index (χ1n) is 9.98. The zero-order chi connectivity index (χ0) is 20.5. The minimum Gasteiger partial charge on any atom is -0.443 e. The summed E-state index contributed by atoms with van der Waals surface area (Å²) in [6, 6.07) is 8.64. The summed E-state index contributed by atoms with van der Waals surface area (Å²) in [5.41, 5.74) is 6.92. The molecule has 1 unspecified atom stereocenters. The standard InChI is InChI=1S/C21H32N4O3/c1-4-6-13-19-23(3)14-15-24(19)25(20(26)18(22)10-5-2)21(27)28-16-17-11-8-7-9-12-17/h7-9,11-12,14-15,18-19H,4-6,10,13,16,22H2,1-3H3/t18-,19?/m0/s1. The van der Waals surface area contributed by atoms with Crippen molar-refractivity contribution in [2.75, 3.05) is 7.05 Å². The maximum atomic E-state index is 13.0. The second kappa shape index (κ2) is 10.7. The third-order valence-electron chi connectivity index (χ3n) is 4.78. The van der Waals surface area contributed by atoms with Crippen LogP contribution >= 0.6 is 0 Å². The van der Waals surface area contributed by atoms with E-state index in [2.05, 4.69) is 6.92 Å². The van der Waals surface area contributed by atoms with Crippen molar-refractivity contribution >= 4 is 12.0 Å². The lowest BCUT2D eigenvalue weighted by molar-refractivity contribution is -0.147. The molecule has 2 rings (SSSR count). The van der Waals surface area contributed by atoms with Gasteiger partial charge in [0.15, 0.2) is 0 Å². The molecule has 1 aromatic carbocycles. The molecule has 28 heavy (non-hydrogen) atoms. The minimum atomic E-state index is -0.750. The van der Waals surface area contributed by atoms with E-state index in [0.717, 1.165) is 36.3 Å². The molecule has 0 spiro atoms. The van der Waals surface area contributed by atoms with Crippen LogP contribution in [0.3, 0.4) is 0 Å². The maximum absolute atomic E-state index is 13.0. The topological polar surface area (TPSA) is 79.1 Å². The molecule has 154 valence electrons. The molecule has 2 amide bonds. The van der Waals surface area contributed by atoms with Crippen molar-refractivity contribution in [2.24, 2.45) is 5.73 Å². The third-order valence-corrected chi connectivity index (χ3v) is 4.78. The number of benzene rings is 1. The van der Waals surface area contributed by atoms with Gasteiger partial charge in [0, 0.05) is 19.4 Å². The van der Waals surface area contributed by atoms with E-state index in [9.17, 15) is 9.59 Å². The van der Waals surface area contributed by atoms with E-state index in [1.54, 1.807) is 11.2 Å².